The van der Waals surface area contributed by atoms with E-state index in [0.717, 1.165) is 25.2 Å². The Labute approximate surface area is 152 Å². The third-order valence-electron chi connectivity index (χ3n) is 4.95. The lowest BCUT2D eigenvalue weighted by atomic mass is 9.93. The largest absolute Gasteiger partial charge is 0.351 e. The van der Waals surface area contributed by atoms with Crippen LogP contribution in [-0.4, -0.2) is 53.5 Å². The summed E-state index contributed by atoms with van der Waals surface area (Å²) in [7, 11) is 0. The molecule has 3 heterocycles. The van der Waals surface area contributed by atoms with Crippen molar-refractivity contribution in [1.29, 1.82) is 0 Å². The molecule has 1 fully saturated rings. The number of nitrogens with zero attached hydrogens (tertiary/aromatic N) is 3. The Kier molecular flexibility index (Phi) is 4.42. The Morgan fingerprint density at radius 2 is 2.12 bits per heavy atom. The van der Waals surface area contributed by atoms with Crippen molar-refractivity contribution in [2.75, 3.05) is 26.2 Å². The van der Waals surface area contributed by atoms with Crippen LogP contribution in [0.4, 0.5) is 0 Å². The maximum Gasteiger partial charge on any atom is 0.255 e. The minimum atomic E-state index is -0.143. The molecule has 0 radical (unpaired) electrons. The maximum absolute atomic E-state index is 12.7. The number of likely N-dealkylation sites (tertiary alicyclic amines) is 1. The Hall–Kier alpha value is -2.73. The average Bonchev–Trinajstić information content (AvgIpc) is 3.13. The predicted molar refractivity (Wildman–Crippen MR) is 100 cm³/mol. The summed E-state index contributed by atoms with van der Waals surface area (Å²) in [6.07, 6.45) is 11.7. The molecule has 0 aromatic rings. The first-order valence-electron chi connectivity index (χ1n) is 9.03. The van der Waals surface area contributed by atoms with Gasteiger partial charge in [0.05, 0.1) is 16.8 Å². The zero-order valence-electron chi connectivity index (χ0n) is 14.7. The van der Waals surface area contributed by atoms with E-state index in [2.05, 4.69) is 21.8 Å². The zero-order valence-corrected chi connectivity index (χ0v) is 14.7. The number of ketones is 1. The number of nitrogens with one attached hydrogen (secondary N) is 1. The highest BCUT2D eigenvalue weighted by molar-refractivity contribution is 6.23. The fourth-order valence-electron chi connectivity index (χ4n) is 3.59. The molecule has 26 heavy (non-hydrogen) atoms. The first-order chi connectivity index (χ1) is 12.6. The van der Waals surface area contributed by atoms with E-state index in [9.17, 15) is 9.59 Å². The highest BCUT2D eigenvalue weighted by atomic mass is 16.1. The molecule has 4 aliphatic rings. The quantitative estimate of drug-likeness (QED) is 0.838. The highest BCUT2D eigenvalue weighted by Gasteiger charge is 2.30. The van der Waals surface area contributed by atoms with Crippen LogP contribution in [0.2, 0.25) is 0 Å². The smallest absolute Gasteiger partial charge is 0.255 e. The Balaban J connectivity index is 1.49. The van der Waals surface area contributed by atoms with Crippen molar-refractivity contribution in [3.8, 4) is 0 Å². The van der Waals surface area contributed by atoms with Crippen LogP contribution in [0, 0.1) is 0 Å². The monoisotopic (exact) mass is 350 g/mol. The molecule has 0 atom stereocenters. The number of rotatable bonds is 4. The third-order valence-corrected chi connectivity index (χ3v) is 4.95. The van der Waals surface area contributed by atoms with Gasteiger partial charge in [-0.05, 0) is 49.7 Å². The molecule has 0 bridgehead atoms. The summed E-state index contributed by atoms with van der Waals surface area (Å²) in [5, 5.41) is 2.99. The number of carbonyl (C=O) groups is 2. The van der Waals surface area contributed by atoms with Gasteiger partial charge in [-0.15, -0.1) is 0 Å². The fraction of sp³-hybridized carbons (Fsp3) is 0.350. The summed E-state index contributed by atoms with van der Waals surface area (Å²) < 4.78 is 0. The van der Waals surface area contributed by atoms with E-state index in [1.54, 1.807) is 29.5 Å². The second-order valence-electron chi connectivity index (χ2n) is 6.90. The number of hydrogen-bond acceptors (Lipinski definition) is 5. The molecule has 1 aliphatic carbocycles. The van der Waals surface area contributed by atoms with Gasteiger partial charge < -0.3 is 15.1 Å². The van der Waals surface area contributed by atoms with E-state index in [-0.39, 0.29) is 11.7 Å². The first kappa shape index (κ1) is 16.7. The molecular weight excluding hydrogens is 328 g/mol. The Morgan fingerprint density at radius 1 is 1.31 bits per heavy atom. The van der Waals surface area contributed by atoms with E-state index in [4.69, 9.17) is 0 Å². The minimum Gasteiger partial charge on any atom is -0.351 e. The van der Waals surface area contributed by atoms with Gasteiger partial charge in [0.1, 0.15) is 5.84 Å². The molecule has 6 nitrogen and oxygen atoms in total. The van der Waals surface area contributed by atoms with Crippen molar-refractivity contribution in [3.63, 3.8) is 0 Å². The van der Waals surface area contributed by atoms with E-state index < -0.39 is 0 Å². The summed E-state index contributed by atoms with van der Waals surface area (Å²) in [6, 6.07) is 0. The zero-order chi connectivity index (χ0) is 18.1. The molecule has 1 N–H and O–H groups in total. The summed E-state index contributed by atoms with van der Waals surface area (Å²) in [5.41, 5.74) is 2.41. The van der Waals surface area contributed by atoms with Crippen molar-refractivity contribution in [2.45, 2.75) is 19.3 Å². The number of fused-ring (bicyclic) bond motifs is 2. The van der Waals surface area contributed by atoms with Crippen molar-refractivity contribution in [2.24, 2.45) is 4.99 Å². The number of amides is 1. The van der Waals surface area contributed by atoms with Crippen molar-refractivity contribution >= 4 is 17.5 Å². The summed E-state index contributed by atoms with van der Waals surface area (Å²) in [4.78, 5) is 33.5. The second-order valence-corrected chi connectivity index (χ2v) is 6.90. The summed E-state index contributed by atoms with van der Waals surface area (Å²) in [6.45, 7) is 7.58. The molecule has 0 aromatic carbocycles. The number of allylic oxidation sites excluding steroid dienone is 5. The van der Waals surface area contributed by atoms with Crippen molar-refractivity contribution in [3.05, 3.63) is 59.6 Å². The van der Waals surface area contributed by atoms with Gasteiger partial charge in [-0.25, -0.2) is 4.99 Å². The predicted octanol–water partition coefficient (Wildman–Crippen LogP) is 1.66. The lowest BCUT2D eigenvalue weighted by Gasteiger charge is -2.29. The maximum atomic E-state index is 12.7. The average molecular weight is 350 g/mol. The standard InChI is InChI=1S/C20H22N4O2/c1-14-11-17-16(18(25)12-14)13-24-9-4-5-15(19(24)22-17)20(26)21-6-10-23-7-2-3-8-23/h4-5,9,11,13H,1-3,6-8,10,12H2,(H,21,26). The molecule has 0 unspecified atom stereocenters. The van der Waals surface area contributed by atoms with E-state index >= 15 is 0 Å². The van der Waals surface area contributed by atoms with Gasteiger partial charge in [0, 0.05) is 31.9 Å². The normalized spacial score (nSPS) is 22.2. The molecule has 0 spiro atoms. The van der Waals surface area contributed by atoms with Crippen molar-refractivity contribution < 1.29 is 9.59 Å². The van der Waals surface area contributed by atoms with E-state index in [1.807, 2.05) is 6.08 Å². The summed E-state index contributed by atoms with van der Waals surface area (Å²) in [5.74, 6) is 0.411. The lowest BCUT2D eigenvalue weighted by Crippen LogP contribution is -2.39. The van der Waals surface area contributed by atoms with Crippen LogP contribution in [-0.2, 0) is 9.59 Å². The van der Waals surface area contributed by atoms with E-state index in [1.165, 1.54) is 12.8 Å². The molecule has 4 rings (SSSR count). The van der Waals surface area contributed by atoms with Crippen LogP contribution in [0.5, 0.6) is 0 Å². The van der Waals surface area contributed by atoms with Gasteiger partial charge in [-0.3, -0.25) is 9.59 Å². The highest BCUT2D eigenvalue weighted by Crippen LogP contribution is 2.31. The first-order valence-corrected chi connectivity index (χ1v) is 9.03. The van der Waals surface area contributed by atoms with Crippen LogP contribution in [0.3, 0.4) is 0 Å². The third kappa shape index (κ3) is 3.20. The number of carbonyl (C=O) groups excluding carboxylic acids is 2. The number of hydrogen-bond donors (Lipinski definition) is 1. The number of amidine groups is 1. The van der Waals surface area contributed by atoms with Crippen LogP contribution in [0.1, 0.15) is 19.3 Å². The SMILES string of the molecule is C=C1C=C2N=C3C(C(=O)NCCN4CCCC4)=CC=CN3C=C2C(=O)C1. The molecule has 1 saturated heterocycles. The van der Waals surface area contributed by atoms with Gasteiger partial charge in [0.25, 0.3) is 5.91 Å². The van der Waals surface area contributed by atoms with Gasteiger partial charge in [-0.1, -0.05) is 6.58 Å². The van der Waals surface area contributed by atoms with Crippen molar-refractivity contribution in [1.82, 2.24) is 15.1 Å². The van der Waals surface area contributed by atoms with Crippen LogP contribution in [0.15, 0.2) is 64.6 Å². The van der Waals surface area contributed by atoms with E-state index in [0.29, 0.717) is 35.6 Å². The molecule has 6 heteroatoms. The Morgan fingerprint density at radius 3 is 2.92 bits per heavy atom. The number of Topliss-reactive ketones (excluding diaryl/α,β-unsaturated/α-hetero) is 1. The molecule has 0 aromatic heterocycles. The van der Waals surface area contributed by atoms with Gasteiger partial charge in [-0.2, -0.15) is 0 Å². The van der Waals surface area contributed by atoms with Crippen LogP contribution in [0.25, 0.3) is 0 Å². The Bertz CT molecular complexity index is 823. The summed E-state index contributed by atoms with van der Waals surface area (Å²) >= 11 is 0. The second kappa shape index (κ2) is 6.88. The fourth-order valence-corrected chi connectivity index (χ4v) is 3.59. The van der Waals surface area contributed by atoms with Crippen LogP contribution >= 0.6 is 0 Å². The molecule has 134 valence electrons. The lowest BCUT2D eigenvalue weighted by molar-refractivity contribution is -0.117. The van der Waals surface area contributed by atoms with Gasteiger partial charge >= 0.3 is 0 Å². The van der Waals surface area contributed by atoms with Gasteiger partial charge in [0.15, 0.2) is 5.78 Å². The minimum absolute atomic E-state index is 0.00914. The molecule has 1 amide bonds. The topological polar surface area (TPSA) is 65.0 Å². The van der Waals surface area contributed by atoms with Crippen LogP contribution < -0.4 is 5.32 Å². The molecular formula is C20H22N4O2. The molecule has 0 saturated carbocycles. The molecule has 3 aliphatic heterocycles. The van der Waals surface area contributed by atoms with Gasteiger partial charge in [0.2, 0.25) is 0 Å². The number of aliphatic imine (C=N–C) groups is 1.